The van der Waals surface area contributed by atoms with E-state index in [1.165, 1.54) is 43.5 Å². The van der Waals surface area contributed by atoms with Crippen LogP contribution in [-0.4, -0.2) is 26.2 Å². The Bertz CT molecular complexity index is 740. The van der Waals surface area contributed by atoms with E-state index in [2.05, 4.69) is 0 Å². The summed E-state index contributed by atoms with van der Waals surface area (Å²) in [5, 5.41) is -0.0533. The van der Waals surface area contributed by atoms with E-state index in [1.807, 2.05) is 0 Å². The lowest BCUT2D eigenvalue weighted by atomic mass is 10.1. The average molecular weight is 338 g/mol. The zero-order chi connectivity index (χ0) is 17.0. The molecule has 5 nitrogen and oxygen atoms in total. The summed E-state index contributed by atoms with van der Waals surface area (Å²) in [4.78, 5) is 25.5. The Morgan fingerprint density at radius 2 is 1.83 bits per heavy atom. The van der Waals surface area contributed by atoms with Gasteiger partial charge in [0.1, 0.15) is 11.5 Å². The van der Waals surface area contributed by atoms with Crippen molar-refractivity contribution in [3.8, 4) is 0 Å². The second-order valence-electron chi connectivity index (χ2n) is 4.41. The van der Waals surface area contributed by atoms with Gasteiger partial charge in [-0.2, -0.15) is 0 Å². The zero-order valence-electron chi connectivity index (χ0n) is 12.4. The second kappa shape index (κ2) is 7.11. The predicted octanol–water partition coefficient (Wildman–Crippen LogP) is 2.97. The first-order valence-electron chi connectivity index (χ1n) is 6.49. The number of carbonyl (C=O) groups is 2. The molecule has 1 aromatic carbocycles. The first-order valence-corrected chi connectivity index (χ1v) is 6.87. The highest BCUT2D eigenvalue weighted by molar-refractivity contribution is 6.30. The van der Waals surface area contributed by atoms with Crippen LogP contribution in [0.5, 0.6) is 0 Å². The number of anilines is 1. The van der Waals surface area contributed by atoms with Crippen LogP contribution in [0.25, 0.3) is 0 Å². The average Bonchev–Trinajstić information content (AvgIpc) is 2.78. The molecule has 1 heterocycles. The van der Waals surface area contributed by atoms with Crippen LogP contribution in [0.2, 0.25) is 5.02 Å². The van der Waals surface area contributed by atoms with Gasteiger partial charge in [0.05, 0.1) is 24.8 Å². The third-order valence-corrected chi connectivity index (χ3v) is 3.38. The van der Waals surface area contributed by atoms with Crippen molar-refractivity contribution in [1.82, 2.24) is 0 Å². The molecule has 1 aromatic rings. The standard InChI is InChI=1S/C16H13ClFNO4/c1-22-15(20)11-5-3-4-8-19(14(11)16(21)23-2)10-6-7-12(17)13(18)9-10/h3-9H,1-2H3. The highest BCUT2D eigenvalue weighted by Crippen LogP contribution is 2.28. The number of hydrogen-bond donors (Lipinski definition) is 0. The molecule has 1 aliphatic rings. The molecule has 0 fully saturated rings. The number of benzene rings is 1. The van der Waals surface area contributed by atoms with Gasteiger partial charge in [-0.05, 0) is 30.4 Å². The van der Waals surface area contributed by atoms with Gasteiger partial charge in [-0.1, -0.05) is 17.7 Å². The van der Waals surface area contributed by atoms with Gasteiger partial charge in [-0.3, -0.25) is 0 Å². The molecule has 23 heavy (non-hydrogen) atoms. The van der Waals surface area contributed by atoms with Crippen LogP contribution in [0.1, 0.15) is 0 Å². The number of carbonyl (C=O) groups excluding carboxylic acids is 2. The van der Waals surface area contributed by atoms with E-state index in [-0.39, 0.29) is 16.3 Å². The Morgan fingerprint density at radius 1 is 1.13 bits per heavy atom. The van der Waals surface area contributed by atoms with E-state index in [0.717, 1.165) is 6.07 Å². The number of esters is 2. The van der Waals surface area contributed by atoms with Crippen molar-refractivity contribution >= 4 is 29.2 Å². The lowest BCUT2D eigenvalue weighted by Crippen LogP contribution is -2.27. The summed E-state index contributed by atoms with van der Waals surface area (Å²) in [6, 6.07) is 4.01. The fraction of sp³-hybridized carbons (Fsp3) is 0.125. The molecule has 0 unspecified atom stereocenters. The van der Waals surface area contributed by atoms with E-state index in [0.29, 0.717) is 5.69 Å². The van der Waals surface area contributed by atoms with Crippen molar-refractivity contribution in [2.24, 2.45) is 0 Å². The Labute approximate surface area is 137 Å². The molecule has 0 saturated carbocycles. The van der Waals surface area contributed by atoms with Gasteiger partial charge < -0.3 is 14.4 Å². The monoisotopic (exact) mass is 337 g/mol. The molecule has 0 amide bonds. The summed E-state index contributed by atoms with van der Waals surface area (Å²) in [6.07, 6.45) is 6.06. The van der Waals surface area contributed by atoms with Gasteiger partial charge in [0.2, 0.25) is 0 Å². The summed E-state index contributed by atoms with van der Waals surface area (Å²) in [6.45, 7) is 0. The summed E-state index contributed by atoms with van der Waals surface area (Å²) < 4.78 is 23.2. The minimum Gasteiger partial charge on any atom is -0.465 e. The summed E-state index contributed by atoms with van der Waals surface area (Å²) >= 11 is 5.68. The van der Waals surface area contributed by atoms with Crippen molar-refractivity contribution in [3.63, 3.8) is 0 Å². The third-order valence-electron chi connectivity index (χ3n) is 3.07. The molecule has 0 spiro atoms. The van der Waals surface area contributed by atoms with E-state index < -0.39 is 17.8 Å². The Kier molecular flexibility index (Phi) is 5.18. The van der Waals surface area contributed by atoms with E-state index in [4.69, 9.17) is 21.1 Å². The summed E-state index contributed by atoms with van der Waals surface area (Å²) in [7, 11) is 2.38. The molecule has 0 aliphatic carbocycles. The normalized spacial score (nSPS) is 13.8. The number of methoxy groups -OCH3 is 2. The lowest BCUT2D eigenvalue weighted by Gasteiger charge is -2.23. The first kappa shape index (κ1) is 16.8. The molecule has 7 heteroatoms. The van der Waals surface area contributed by atoms with E-state index in [9.17, 15) is 14.0 Å². The SMILES string of the molecule is COC(=O)C1=C(C(=O)OC)N(c2ccc(Cl)c(F)c2)C=CC=C1. The van der Waals surface area contributed by atoms with Crippen molar-refractivity contribution < 1.29 is 23.5 Å². The second-order valence-corrected chi connectivity index (χ2v) is 4.82. The quantitative estimate of drug-likeness (QED) is 0.794. The zero-order valence-corrected chi connectivity index (χ0v) is 13.1. The molecule has 0 N–H and O–H groups in total. The minimum absolute atomic E-state index is 0.0142. The Morgan fingerprint density at radius 3 is 2.43 bits per heavy atom. The van der Waals surface area contributed by atoms with Gasteiger partial charge in [0.25, 0.3) is 0 Å². The molecule has 1 aliphatic heterocycles. The smallest absolute Gasteiger partial charge is 0.355 e. The van der Waals surface area contributed by atoms with Gasteiger partial charge in [-0.25, -0.2) is 14.0 Å². The number of ether oxygens (including phenoxy) is 2. The molecular formula is C16H13ClFNO4. The molecule has 0 atom stereocenters. The van der Waals surface area contributed by atoms with Crippen molar-refractivity contribution in [2.45, 2.75) is 0 Å². The highest BCUT2D eigenvalue weighted by atomic mass is 35.5. The van der Waals surface area contributed by atoms with Crippen LogP contribution < -0.4 is 4.90 Å². The van der Waals surface area contributed by atoms with Crippen LogP contribution in [0.4, 0.5) is 10.1 Å². The minimum atomic E-state index is -0.767. The van der Waals surface area contributed by atoms with Gasteiger partial charge in [0.15, 0.2) is 0 Å². The fourth-order valence-corrected chi connectivity index (χ4v) is 2.12. The van der Waals surface area contributed by atoms with Crippen molar-refractivity contribution in [2.75, 3.05) is 19.1 Å². The van der Waals surface area contributed by atoms with Gasteiger partial charge >= 0.3 is 11.9 Å². The predicted molar refractivity (Wildman–Crippen MR) is 83.2 cm³/mol. The van der Waals surface area contributed by atoms with Crippen molar-refractivity contribution in [1.29, 1.82) is 0 Å². The number of hydrogen-bond acceptors (Lipinski definition) is 5. The number of allylic oxidation sites excluding steroid dienone is 2. The maximum absolute atomic E-state index is 13.7. The molecule has 0 aromatic heterocycles. The summed E-state index contributed by atoms with van der Waals surface area (Å²) in [5.74, 6) is -2.14. The lowest BCUT2D eigenvalue weighted by molar-refractivity contribution is -0.139. The Balaban J connectivity index is 2.65. The number of nitrogens with zero attached hydrogens (tertiary/aromatic N) is 1. The van der Waals surface area contributed by atoms with Crippen LogP contribution in [0.15, 0.2) is 53.9 Å². The number of halogens is 2. The maximum Gasteiger partial charge on any atom is 0.355 e. The first-order chi connectivity index (χ1) is 11.0. The van der Waals surface area contributed by atoms with Gasteiger partial charge in [0, 0.05) is 11.9 Å². The largest absolute Gasteiger partial charge is 0.465 e. The fourth-order valence-electron chi connectivity index (χ4n) is 2.00. The van der Waals surface area contributed by atoms with E-state index in [1.54, 1.807) is 12.2 Å². The number of rotatable bonds is 3. The topological polar surface area (TPSA) is 55.8 Å². The highest BCUT2D eigenvalue weighted by Gasteiger charge is 2.27. The van der Waals surface area contributed by atoms with Crippen LogP contribution >= 0.6 is 11.6 Å². The molecule has 2 rings (SSSR count). The van der Waals surface area contributed by atoms with Crippen molar-refractivity contribution in [3.05, 3.63) is 64.7 Å². The van der Waals surface area contributed by atoms with Crippen LogP contribution in [0.3, 0.4) is 0 Å². The summed E-state index contributed by atoms with van der Waals surface area (Å²) in [5.41, 5.74) is 0.194. The molecular weight excluding hydrogens is 325 g/mol. The molecule has 0 radical (unpaired) electrons. The van der Waals surface area contributed by atoms with Crippen LogP contribution in [0, 0.1) is 5.82 Å². The molecule has 0 saturated heterocycles. The van der Waals surface area contributed by atoms with E-state index >= 15 is 0 Å². The molecule has 0 bridgehead atoms. The van der Waals surface area contributed by atoms with Gasteiger partial charge in [-0.15, -0.1) is 0 Å². The molecule has 120 valence electrons. The Hall–Kier alpha value is -2.60. The maximum atomic E-state index is 13.7. The van der Waals surface area contributed by atoms with Crippen LogP contribution in [-0.2, 0) is 19.1 Å². The third kappa shape index (κ3) is 3.43.